The molecule has 0 fully saturated rings. The molecule has 3 N–H and O–H groups in total. The van der Waals surface area contributed by atoms with E-state index in [0.717, 1.165) is 24.8 Å². The number of nitrogens with one attached hydrogen (secondary N) is 2. The molecule has 4 atom stereocenters. The average Bonchev–Trinajstić information content (AvgIpc) is 3.06. The van der Waals surface area contributed by atoms with Crippen LogP contribution in [0, 0.1) is 5.92 Å². The number of hydrogen-bond donors (Lipinski definition) is 3. The Morgan fingerprint density at radius 1 is 0.979 bits per heavy atom. The van der Waals surface area contributed by atoms with Crippen LogP contribution in [0.3, 0.4) is 0 Å². The largest absolute Gasteiger partial charge is 0.490 e. The van der Waals surface area contributed by atoms with Crippen LogP contribution in [0.25, 0.3) is 0 Å². The molecule has 3 aromatic rings. The van der Waals surface area contributed by atoms with Crippen molar-refractivity contribution in [2.45, 2.75) is 64.7 Å². The third kappa shape index (κ3) is 10.6. The molecule has 0 spiro atoms. The summed E-state index contributed by atoms with van der Waals surface area (Å²) in [7, 11) is 1.78. The number of nitrogens with zero attached hydrogens (tertiary/aromatic N) is 2. The maximum absolute atomic E-state index is 14.3. The number of fused-ring (bicyclic) bond motifs is 1. The first-order valence-electron chi connectivity index (χ1n) is 16.4. The summed E-state index contributed by atoms with van der Waals surface area (Å²) in [6, 6.07) is 22.8. The van der Waals surface area contributed by atoms with Crippen molar-refractivity contribution in [3.63, 3.8) is 0 Å². The van der Waals surface area contributed by atoms with Crippen LogP contribution < -0.4 is 15.4 Å². The first-order valence-corrected chi connectivity index (χ1v) is 16.4. The minimum Gasteiger partial charge on any atom is -0.490 e. The van der Waals surface area contributed by atoms with E-state index >= 15 is 0 Å². The maximum atomic E-state index is 14.3. The van der Waals surface area contributed by atoms with Crippen molar-refractivity contribution in [3.05, 3.63) is 90.0 Å². The zero-order valence-corrected chi connectivity index (χ0v) is 27.9. The number of para-hydroxylation sites is 1. The van der Waals surface area contributed by atoms with E-state index < -0.39 is 12.1 Å². The molecular weight excluding hydrogens is 596 g/mol. The predicted octanol–water partition coefficient (Wildman–Crippen LogP) is 5.83. The van der Waals surface area contributed by atoms with Gasteiger partial charge in [-0.15, -0.1) is 0 Å². The van der Waals surface area contributed by atoms with Crippen LogP contribution in [-0.2, 0) is 16.0 Å². The molecule has 3 aromatic carbocycles. The number of benzene rings is 3. The number of carbonyl (C=O) groups is 3. The SMILES string of the molecule is C[C@@H]1CCCCO[C@H](CN(C)C(=O)Cc2ccccc2)[C@@H](C)CN([C@H](C)CO)C(=O)c2cc(NC(=O)Nc3ccccc3)ccc2O1. The fourth-order valence-corrected chi connectivity index (χ4v) is 5.56. The zero-order chi connectivity index (χ0) is 33.8. The van der Waals surface area contributed by atoms with Gasteiger partial charge < -0.3 is 35.0 Å². The second kappa shape index (κ2) is 17.5. The minimum absolute atomic E-state index is 0.0145. The van der Waals surface area contributed by atoms with Gasteiger partial charge >= 0.3 is 6.03 Å². The third-order valence-corrected chi connectivity index (χ3v) is 8.42. The van der Waals surface area contributed by atoms with Gasteiger partial charge in [-0.2, -0.15) is 0 Å². The summed E-state index contributed by atoms with van der Waals surface area (Å²) in [6.45, 7) is 6.66. The number of aliphatic hydroxyl groups is 1. The second-order valence-electron chi connectivity index (χ2n) is 12.4. The van der Waals surface area contributed by atoms with Gasteiger partial charge in [-0.3, -0.25) is 9.59 Å². The minimum atomic E-state index is -0.515. The smallest absolute Gasteiger partial charge is 0.323 e. The molecule has 0 bridgehead atoms. The highest BCUT2D eigenvalue weighted by atomic mass is 16.5. The van der Waals surface area contributed by atoms with Gasteiger partial charge in [-0.05, 0) is 69.0 Å². The van der Waals surface area contributed by atoms with Crippen LogP contribution in [0.4, 0.5) is 16.2 Å². The lowest BCUT2D eigenvalue weighted by Gasteiger charge is -2.36. The summed E-state index contributed by atoms with van der Waals surface area (Å²) in [5, 5.41) is 15.8. The molecule has 47 heavy (non-hydrogen) atoms. The van der Waals surface area contributed by atoms with Crippen molar-refractivity contribution in [2.24, 2.45) is 5.92 Å². The van der Waals surface area contributed by atoms with E-state index in [4.69, 9.17) is 9.47 Å². The molecule has 0 unspecified atom stereocenters. The van der Waals surface area contributed by atoms with E-state index in [2.05, 4.69) is 10.6 Å². The topological polar surface area (TPSA) is 120 Å². The fourth-order valence-electron chi connectivity index (χ4n) is 5.56. The number of likely N-dealkylation sites (N-methyl/N-ethyl adjacent to an activating group) is 1. The molecule has 0 aromatic heterocycles. The van der Waals surface area contributed by atoms with Crippen LogP contribution in [0.15, 0.2) is 78.9 Å². The van der Waals surface area contributed by atoms with Crippen molar-refractivity contribution in [1.29, 1.82) is 0 Å². The average molecular weight is 645 g/mol. The Labute approximate surface area is 278 Å². The molecule has 252 valence electrons. The lowest BCUT2D eigenvalue weighted by atomic mass is 10.0. The molecule has 4 rings (SSSR count). The molecule has 10 nitrogen and oxygen atoms in total. The number of aliphatic hydroxyl groups excluding tert-OH is 1. The summed E-state index contributed by atoms with van der Waals surface area (Å²) in [5.41, 5.74) is 2.29. The van der Waals surface area contributed by atoms with Gasteiger partial charge in [0.25, 0.3) is 5.91 Å². The highest BCUT2D eigenvalue weighted by molar-refractivity contribution is 6.02. The Morgan fingerprint density at radius 3 is 2.36 bits per heavy atom. The Bertz CT molecular complexity index is 1450. The van der Waals surface area contributed by atoms with Gasteiger partial charge in [0.05, 0.1) is 36.8 Å². The van der Waals surface area contributed by atoms with Crippen LogP contribution in [0.1, 0.15) is 56.0 Å². The van der Waals surface area contributed by atoms with E-state index in [1.165, 1.54) is 0 Å². The van der Waals surface area contributed by atoms with Crippen molar-refractivity contribution < 1.29 is 29.0 Å². The van der Waals surface area contributed by atoms with E-state index in [1.54, 1.807) is 54.1 Å². The quantitative estimate of drug-likeness (QED) is 0.284. The van der Waals surface area contributed by atoms with Crippen molar-refractivity contribution in [2.75, 3.05) is 44.0 Å². The maximum Gasteiger partial charge on any atom is 0.323 e. The molecule has 0 saturated carbocycles. The van der Waals surface area contributed by atoms with E-state index in [-0.39, 0.29) is 48.7 Å². The number of anilines is 2. The fraction of sp³-hybridized carbons (Fsp3) is 0.432. The zero-order valence-electron chi connectivity index (χ0n) is 27.9. The number of amides is 4. The number of rotatable bonds is 8. The van der Waals surface area contributed by atoms with E-state index in [1.807, 2.05) is 62.4 Å². The Morgan fingerprint density at radius 2 is 1.66 bits per heavy atom. The lowest BCUT2D eigenvalue weighted by Crippen LogP contribution is -2.48. The summed E-state index contributed by atoms with van der Waals surface area (Å²) >= 11 is 0. The van der Waals surface area contributed by atoms with Gasteiger partial charge in [0.2, 0.25) is 5.91 Å². The Hall–Kier alpha value is -4.41. The van der Waals surface area contributed by atoms with Crippen molar-refractivity contribution in [1.82, 2.24) is 9.80 Å². The summed E-state index contributed by atoms with van der Waals surface area (Å²) in [6.07, 6.45) is 2.21. The molecule has 10 heteroatoms. The Kier molecular flexibility index (Phi) is 13.2. The number of carbonyl (C=O) groups excluding carboxylic acids is 3. The molecule has 0 radical (unpaired) electrons. The first-order chi connectivity index (χ1) is 22.6. The molecule has 1 aliphatic heterocycles. The Balaban J connectivity index is 1.58. The summed E-state index contributed by atoms with van der Waals surface area (Å²) in [4.78, 5) is 43.6. The standard InChI is InChI=1S/C37H48N4O6/c1-26-23-41(27(2)25-42)36(44)32-22-31(39-37(45)38-30-16-9-6-10-17-30)18-19-33(32)47-28(3)13-11-12-20-46-34(26)24-40(4)35(43)21-29-14-7-5-8-15-29/h5-10,14-19,22,26-28,34,42H,11-13,20-21,23-25H2,1-4H3,(H2,38,39,45)/t26-,27+,28+,34+/m0/s1. The summed E-state index contributed by atoms with van der Waals surface area (Å²) in [5.74, 6) is -0.115. The molecule has 0 aliphatic carbocycles. The third-order valence-electron chi connectivity index (χ3n) is 8.42. The number of urea groups is 1. The van der Waals surface area contributed by atoms with Gasteiger partial charge in [0.1, 0.15) is 5.75 Å². The van der Waals surface area contributed by atoms with Crippen LogP contribution >= 0.6 is 0 Å². The number of ether oxygens (including phenoxy) is 2. The van der Waals surface area contributed by atoms with E-state index in [0.29, 0.717) is 36.7 Å². The van der Waals surface area contributed by atoms with Gasteiger partial charge in [-0.25, -0.2) is 4.79 Å². The van der Waals surface area contributed by atoms with Crippen LogP contribution in [-0.4, -0.2) is 84.4 Å². The number of hydrogen-bond acceptors (Lipinski definition) is 6. The second-order valence-corrected chi connectivity index (χ2v) is 12.4. The molecule has 1 aliphatic rings. The predicted molar refractivity (Wildman–Crippen MR) is 184 cm³/mol. The monoisotopic (exact) mass is 644 g/mol. The first kappa shape index (κ1) is 35.4. The highest BCUT2D eigenvalue weighted by Gasteiger charge is 2.31. The van der Waals surface area contributed by atoms with Gasteiger partial charge in [-0.1, -0.05) is 55.5 Å². The van der Waals surface area contributed by atoms with Gasteiger partial charge in [0.15, 0.2) is 0 Å². The highest BCUT2D eigenvalue weighted by Crippen LogP contribution is 2.28. The molecular formula is C37H48N4O6. The van der Waals surface area contributed by atoms with Crippen LogP contribution in [0.5, 0.6) is 5.75 Å². The van der Waals surface area contributed by atoms with Crippen molar-refractivity contribution in [3.8, 4) is 5.75 Å². The molecule has 4 amide bonds. The van der Waals surface area contributed by atoms with Crippen LogP contribution in [0.2, 0.25) is 0 Å². The summed E-state index contributed by atoms with van der Waals surface area (Å²) < 4.78 is 12.7. The molecule has 1 heterocycles. The normalized spacial score (nSPS) is 19.8. The molecule has 0 saturated heterocycles. The van der Waals surface area contributed by atoms with E-state index in [9.17, 15) is 19.5 Å². The lowest BCUT2D eigenvalue weighted by molar-refractivity contribution is -0.131. The van der Waals surface area contributed by atoms with Gasteiger partial charge in [0, 0.05) is 44.0 Å². The van der Waals surface area contributed by atoms with Crippen molar-refractivity contribution >= 4 is 29.2 Å².